The maximum atomic E-state index is 13.7. The van der Waals surface area contributed by atoms with Crippen molar-refractivity contribution in [1.82, 2.24) is 9.88 Å². The molecule has 0 spiro atoms. The van der Waals surface area contributed by atoms with Gasteiger partial charge in [0.25, 0.3) is 11.8 Å². The van der Waals surface area contributed by atoms with Crippen LogP contribution in [-0.2, 0) is 16.0 Å². The molecule has 1 aliphatic rings. The zero-order valence-electron chi connectivity index (χ0n) is 20.2. The van der Waals surface area contributed by atoms with E-state index in [9.17, 15) is 14.4 Å². The molecule has 5 rings (SSSR count). The summed E-state index contributed by atoms with van der Waals surface area (Å²) >= 11 is 0. The Labute approximate surface area is 209 Å². The van der Waals surface area contributed by atoms with Gasteiger partial charge < -0.3 is 14.6 Å². The monoisotopic (exact) mass is 481 g/mol. The molecular formula is C29H27N3O4. The third-order valence-electron chi connectivity index (χ3n) is 6.65. The minimum atomic E-state index is -0.877. The number of H-pyrrole nitrogens is 1. The summed E-state index contributed by atoms with van der Waals surface area (Å²) in [5, 5.41) is 1.08. The molecule has 3 amide bonds. The van der Waals surface area contributed by atoms with Crippen LogP contribution in [0.4, 0.5) is 5.69 Å². The van der Waals surface area contributed by atoms with Crippen molar-refractivity contribution < 1.29 is 19.1 Å². The zero-order chi connectivity index (χ0) is 25.2. The van der Waals surface area contributed by atoms with E-state index in [2.05, 4.69) is 4.98 Å². The number of methoxy groups -OCH3 is 1. The molecule has 1 atom stereocenters. The van der Waals surface area contributed by atoms with Crippen molar-refractivity contribution in [2.24, 2.45) is 0 Å². The van der Waals surface area contributed by atoms with Crippen LogP contribution in [0.2, 0.25) is 0 Å². The van der Waals surface area contributed by atoms with Crippen LogP contribution in [0, 0.1) is 6.92 Å². The number of anilines is 1. The fourth-order valence-corrected chi connectivity index (χ4v) is 4.78. The van der Waals surface area contributed by atoms with Gasteiger partial charge in [-0.15, -0.1) is 0 Å². The Kier molecular flexibility index (Phi) is 6.29. The summed E-state index contributed by atoms with van der Waals surface area (Å²) in [5.41, 5.74) is 3.98. The van der Waals surface area contributed by atoms with Gasteiger partial charge in [0.1, 0.15) is 11.8 Å². The number of hydrogen-bond acceptors (Lipinski definition) is 4. The highest BCUT2D eigenvalue weighted by molar-refractivity contribution is 6.23. The van der Waals surface area contributed by atoms with Crippen LogP contribution >= 0.6 is 0 Å². The Hall–Kier alpha value is -4.39. The zero-order valence-corrected chi connectivity index (χ0v) is 20.2. The number of carbonyl (C=O) groups is 3. The van der Waals surface area contributed by atoms with Crippen LogP contribution in [-0.4, -0.2) is 47.3 Å². The number of carbonyl (C=O) groups excluding carboxylic acids is 3. The fourth-order valence-electron chi connectivity index (χ4n) is 4.78. The van der Waals surface area contributed by atoms with Gasteiger partial charge in [-0.1, -0.05) is 35.9 Å². The van der Waals surface area contributed by atoms with Crippen LogP contribution in [0.25, 0.3) is 10.9 Å². The molecule has 0 saturated carbocycles. The van der Waals surface area contributed by atoms with E-state index in [1.807, 2.05) is 55.6 Å². The van der Waals surface area contributed by atoms with E-state index < -0.39 is 11.9 Å². The van der Waals surface area contributed by atoms with E-state index in [-0.39, 0.29) is 18.2 Å². The van der Waals surface area contributed by atoms with Crippen LogP contribution in [0.1, 0.15) is 27.9 Å². The number of rotatable bonds is 7. The van der Waals surface area contributed by atoms with Crippen LogP contribution in [0.3, 0.4) is 0 Å². The van der Waals surface area contributed by atoms with E-state index in [4.69, 9.17) is 4.74 Å². The predicted octanol–water partition coefficient (Wildman–Crippen LogP) is 4.50. The molecule has 1 N–H and O–H groups in total. The van der Waals surface area contributed by atoms with Gasteiger partial charge in [-0.25, -0.2) is 4.90 Å². The van der Waals surface area contributed by atoms with Gasteiger partial charge in [0.2, 0.25) is 5.91 Å². The fraction of sp³-hybridized carbons (Fsp3) is 0.207. The number of para-hydroxylation sites is 1. The maximum absolute atomic E-state index is 13.7. The van der Waals surface area contributed by atoms with Crippen molar-refractivity contribution in [1.29, 1.82) is 0 Å². The number of aryl methyl sites for hydroxylation is 1. The van der Waals surface area contributed by atoms with Crippen molar-refractivity contribution in [3.63, 3.8) is 0 Å². The summed E-state index contributed by atoms with van der Waals surface area (Å²) in [4.78, 5) is 46.3. The molecule has 1 fully saturated rings. The first-order chi connectivity index (χ1) is 17.5. The average molecular weight is 482 g/mol. The predicted molar refractivity (Wildman–Crippen MR) is 138 cm³/mol. The lowest BCUT2D eigenvalue weighted by molar-refractivity contribution is -0.122. The largest absolute Gasteiger partial charge is 0.497 e. The van der Waals surface area contributed by atoms with Crippen LogP contribution < -0.4 is 9.64 Å². The molecule has 4 aromatic rings. The first-order valence-electron chi connectivity index (χ1n) is 11.9. The minimum absolute atomic E-state index is 0.0592. The highest BCUT2D eigenvalue weighted by Crippen LogP contribution is 2.29. The van der Waals surface area contributed by atoms with Gasteiger partial charge >= 0.3 is 0 Å². The van der Waals surface area contributed by atoms with E-state index >= 15 is 0 Å². The number of benzene rings is 3. The quantitative estimate of drug-likeness (QED) is 0.394. The second kappa shape index (κ2) is 9.70. The molecule has 2 heterocycles. The molecule has 36 heavy (non-hydrogen) atoms. The lowest BCUT2D eigenvalue weighted by Gasteiger charge is -2.28. The van der Waals surface area contributed by atoms with Crippen molar-refractivity contribution in [3.05, 3.63) is 95.7 Å². The molecule has 0 radical (unpaired) electrons. The summed E-state index contributed by atoms with van der Waals surface area (Å²) in [6.45, 7) is 2.22. The number of amides is 3. The second-order valence-corrected chi connectivity index (χ2v) is 8.96. The number of fused-ring (bicyclic) bond motifs is 1. The van der Waals surface area contributed by atoms with Gasteiger partial charge in [0, 0.05) is 29.2 Å². The number of nitrogens with one attached hydrogen (secondary N) is 1. The molecule has 182 valence electrons. The summed E-state index contributed by atoms with van der Waals surface area (Å²) in [6, 6.07) is 21.2. The van der Waals surface area contributed by atoms with E-state index in [0.717, 1.165) is 22.0 Å². The normalized spacial score (nSPS) is 15.5. The molecule has 1 aliphatic heterocycles. The van der Waals surface area contributed by atoms with Crippen LogP contribution in [0.5, 0.6) is 5.75 Å². The number of nitrogens with zero attached hydrogens (tertiary/aromatic N) is 2. The summed E-state index contributed by atoms with van der Waals surface area (Å²) in [5.74, 6) is -0.361. The number of aromatic nitrogens is 1. The van der Waals surface area contributed by atoms with Crippen molar-refractivity contribution in [3.8, 4) is 5.75 Å². The van der Waals surface area contributed by atoms with Gasteiger partial charge in [-0.2, -0.15) is 0 Å². The SMILES string of the molecule is COc1ccc(N2C(=O)CC(N(CCc3c[nH]c4ccccc34)C(=O)c3cccc(C)c3)C2=O)cc1. The van der Waals surface area contributed by atoms with Crippen molar-refractivity contribution in [2.45, 2.75) is 25.8 Å². The standard InChI is InChI=1S/C29H27N3O4/c1-19-6-5-7-20(16-19)28(34)31(15-14-21-18-30-25-9-4-3-8-24(21)25)26-17-27(33)32(29(26)35)22-10-12-23(36-2)13-11-22/h3-13,16,18,26,30H,14-15,17H2,1-2H3. The first-order valence-corrected chi connectivity index (χ1v) is 11.9. The Morgan fingerprint density at radius 2 is 1.83 bits per heavy atom. The Bertz CT molecular complexity index is 1440. The van der Waals surface area contributed by atoms with E-state index in [1.165, 1.54) is 4.90 Å². The third kappa shape index (κ3) is 4.35. The Balaban J connectivity index is 1.45. The Morgan fingerprint density at radius 1 is 1.06 bits per heavy atom. The molecule has 0 aliphatic carbocycles. The van der Waals surface area contributed by atoms with Gasteiger partial charge in [0.15, 0.2) is 0 Å². The number of hydrogen-bond donors (Lipinski definition) is 1. The summed E-state index contributed by atoms with van der Waals surface area (Å²) < 4.78 is 5.19. The van der Waals surface area contributed by atoms with Crippen molar-refractivity contribution >= 4 is 34.3 Å². The molecule has 1 unspecified atom stereocenters. The van der Waals surface area contributed by atoms with E-state index in [1.54, 1.807) is 42.3 Å². The molecule has 1 saturated heterocycles. The van der Waals surface area contributed by atoms with Gasteiger partial charge in [-0.3, -0.25) is 14.4 Å². The lowest BCUT2D eigenvalue weighted by Crippen LogP contribution is -2.46. The minimum Gasteiger partial charge on any atom is -0.497 e. The first kappa shape index (κ1) is 23.4. The number of ether oxygens (including phenoxy) is 1. The number of aromatic amines is 1. The lowest BCUT2D eigenvalue weighted by atomic mass is 10.1. The maximum Gasteiger partial charge on any atom is 0.257 e. The topological polar surface area (TPSA) is 82.7 Å². The van der Waals surface area contributed by atoms with Gasteiger partial charge in [-0.05, 0) is 61.4 Å². The highest BCUT2D eigenvalue weighted by Gasteiger charge is 2.44. The molecular weight excluding hydrogens is 454 g/mol. The second-order valence-electron chi connectivity index (χ2n) is 8.96. The number of imide groups is 1. The van der Waals surface area contributed by atoms with Crippen molar-refractivity contribution in [2.75, 3.05) is 18.6 Å². The van der Waals surface area contributed by atoms with Gasteiger partial charge in [0.05, 0.1) is 19.2 Å². The molecule has 1 aromatic heterocycles. The molecule has 7 nitrogen and oxygen atoms in total. The third-order valence-corrected chi connectivity index (χ3v) is 6.65. The highest BCUT2D eigenvalue weighted by atomic mass is 16.5. The summed E-state index contributed by atoms with van der Waals surface area (Å²) in [7, 11) is 1.56. The molecule has 7 heteroatoms. The van der Waals surface area contributed by atoms with E-state index in [0.29, 0.717) is 30.0 Å². The Morgan fingerprint density at radius 3 is 2.58 bits per heavy atom. The average Bonchev–Trinajstić information content (AvgIpc) is 3.44. The molecule has 0 bridgehead atoms. The molecule has 3 aromatic carbocycles. The van der Waals surface area contributed by atoms with Crippen LogP contribution in [0.15, 0.2) is 79.0 Å². The summed E-state index contributed by atoms with van der Waals surface area (Å²) in [6.07, 6.45) is 2.42. The smallest absolute Gasteiger partial charge is 0.257 e.